The number of hydrogen-bond donors (Lipinski definition) is 0. The molecule has 144 valence electrons. The van der Waals surface area contributed by atoms with E-state index in [9.17, 15) is 9.18 Å². The topological polar surface area (TPSA) is 59.2 Å². The first kappa shape index (κ1) is 17.8. The first-order valence-corrected chi connectivity index (χ1v) is 10.1. The monoisotopic (exact) mass is 405 g/mol. The highest BCUT2D eigenvalue weighted by Gasteiger charge is 2.28. The molecular weight excluding hydrogens is 389 g/mol. The minimum absolute atomic E-state index is 0.135. The summed E-state index contributed by atoms with van der Waals surface area (Å²) >= 11 is 1.62. The normalized spacial score (nSPS) is 13.0. The molecule has 3 heterocycles. The Bertz CT molecular complexity index is 1230. The van der Waals surface area contributed by atoms with Gasteiger partial charge in [-0.15, -0.1) is 11.3 Å². The van der Waals surface area contributed by atoms with E-state index in [1.807, 2.05) is 24.4 Å². The van der Waals surface area contributed by atoms with Crippen LogP contribution in [0.4, 0.5) is 10.1 Å². The number of carbonyl (C=O) groups is 1. The van der Waals surface area contributed by atoms with Gasteiger partial charge < -0.3 is 9.42 Å². The van der Waals surface area contributed by atoms with E-state index in [2.05, 4.69) is 16.2 Å². The summed E-state index contributed by atoms with van der Waals surface area (Å²) in [5.74, 6) is -0.481. The Morgan fingerprint density at radius 1 is 1.14 bits per heavy atom. The van der Waals surface area contributed by atoms with E-state index in [1.54, 1.807) is 34.4 Å². The van der Waals surface area contributed by atoms with Gasteiger partial charge in [0.2, 0.25) is 5.76 Å². The van der Waals surface area contributed by atoms with E-state index in [0.29, 0.717) is 17.8 Å². The van der Waals surface area contributed by atoms with Gasteiger partial charge in [0, 0.05) is 34.8 Å². The number of aromatic nitrogens is 2. The second-order valence-corrected chi connectivity index (χ2v) is 7.95. The van der Waals surface area contributed by atoms with Crippen molar-refractivity contribution in [3.05, 3.63) is 76.1 Å². The van der Waals surface area contributed by atoms with Gasteiger partial charge in [-0.1, -0.05) is 23.4 Å². The molecule has 1 aliphatic heterocycles. The second kappa shape index (κ2) is 6.93. The molecule has 0 aliphatic carbocycles. The maximum Gasteiger partial charge on any atom is 0.296 e. The van der Waals surface area contributed by atoms with Crippen LogP contribution in [0.1, 0.15) is 21.1 Å². The van der Waals surface area contributed by atoms with Gasteiger partial charge in [0.15, 0.2) is 0 Å². The maximum absolute atomic E-state index is 13.4. The fourth-order valence-corrected chi connectivity index (χ4v) is 4.18. The summed E-state index contributed by atoms with van der Waals surface area (Å²) in [7, 11) is 0. The SMILES string of the molecule is Cc1nc(-c2ccc3c(c2)CCN3C(=O)c2cc(-c3cccc(F)c3)no2)cs1. The standard InChI is InChI=1S/C22H16FN3O2S/c1-13-24-19(12-29-13)15-5-6-20-16(9-15)7-8-26(20)22(27)21-11-18(25-28-21)14-3-2-4-17(23)10-14/h2-6,9-12H,7-8H2,1H3. The number of fused-ring (bicyclic) bond motifs is 1. The van der Waals surface area contributed by atoms with Gasteiger partial charge >= 0.3 is 0 Å². The lowest BCUT2D eigenvalue weighted by molar-refractivity contribution is 0.0954. The Morgan fingerprint density at radius 2 is 2.00 bits per heavy atom. The smallest absolute Gasteiger partial charge is 0.296 e. The highest BCUT2D eigenvalue weighted by molar-refractivity contribution is 7.09. The number of amides is 1. The molecule has 0 fully saturated rings. The summed E-state index contributed by atoms with van der Waals surface area (Å²) < 4.78 is 18.7. The van der Waals surface area contributed by atoms with Crippen molar-refractivity contribution in [1.82, 2.24) is 10.1 Å². The van der Waals surface area contributed by atoms with Gasteiger partial charge in [0.1, 0.15) is 11.5 Å². The number of hydrogen-bond acceptors (Lipinski definition) is 5. The Morgan fingerprint density at radius 3 is 2.79 bits per heavy atom. The van der Waals surface area contributed by atoms with Crippen LogP contribution in [0.15, 0.2) is 58.4 Å². The van der Waals surface area contributed by atoms with Crippen LogP contribution in [0.25, 0.3) is 22.5 Å². The van der Waals surface area contributed by atoms with Crippen LogP contribution in [-0.2, 0) is 6.42 Å². The quantitative estimate of drug-likeness (QED) is 0.475. The van der Waals surface area contributed by atoms with Gasteiger partial charge in [-0.05, 0) is 43.2 Å². The highest BCUT2D eigenvalue weighted by Crippen LogP contribution is 2.34. The molecule has 1 aliphatic rings. The Labute approximate surface area is 170 Å². The van der Waals surface area contributed by atoms with Gasteiger partial charge in [0.25, 0.3) is 5.91 Å². The molecule has 0 radical (unpaired) electrons. The average Bonchev–Trinajstić information content (AvgIpc) is 3.46. The largest absolute Gasteiger partial charge is 0.350 e. The first-order valence-electron chi connectivity index (χ1n) is 9.18. The number of carbonyl (C=O) groups excluding carboxylic acids is 1. The molecule has 0 bridgehead atoms. The van der Waals surface area contributed by atoms with Crippen molar-refractivity contribution >= 4 is 22.9 Å². The van der Waals surface area contributed by atoms with Crippen LogP contribution in [0.3, 0.4) is 0 Å². The van der Waals surface area contributed by atoms with Gasteiger partial charge in [-0.3, -0.25) is 4.79 Å². The number of aryl methyl sites for hydroxylation is 1. The summed E-state index contributed by atoms with van der Waals surface area (Å²) in [5, 5.41) is 7.00. The van der Waals surface area contributed by atoms with E-state index >= 15 is 0 Å². The van der Waals surface area contributed by atoms with E-state index in [-0.39, 0.29) is 17.5 Å². The molecule has 5 rings (SSSR count). The zero-order valence-electron chi connectivity index (χ0n) is 15.6. The lowest BCUT2D eigenvalue weighted by Crippen LogP contribution is -2.28. The molecule has 5 nitrogen and oxygen atoms in total. The fraction of sp³-hybridized carbons (Fsp3) is 0.136. The molecule has 4 aromatic rings. The summed E-state index contributed by atoms with van der Waals surface area (Å²) in [6.45, 7) is 2.56. The number of benzene rings is 2. The van der Waals surface area contributed by atoms with E-state index in [0.717, 1.165) is 33.9 Å². The predicted octanol–water partition coefficient (Wildman–Crippen LogP) is 5.12. The Balaban J connectivity index is 1.41. The molecule has 0 spiro atoms. The van der Waals surface area contributed by atoms with Crippen LogP contribution in [0.2, 0.25) is 0 Å². The molecule has 7 heteroatoms. The zero-order chi connectivity index (χ0) is 20.0. The third kappa shape index (κ3) is 3.23. The van der Waals surface area contributed by atoms with Crippen LogP contribution >= 0.6 is 11.3 Å². The number of anilines is 1. The Hall–Kier alpha value is -3.32. The molecule has 0 saturated heterocycles. The minimum atomic E-state index is -0.363. The van der Waals surface area contributed by atoms with Crippen molar-refractivity contribution in [2.24, 2.45) is 0 Å². The van der Waals surface area contributed by atoms with Crippen LogP contribution in [0, 0.1) is 12.7 Å². The van der Waals surface area contributed by atoms with Gasteiger partial charge in [-0.2, -0.15) is 0 Å². The van der Waals surface area contributed by atoms with Crippen molar-refractivity contribution in [2.75, 3.05) is 11.4 Å². The summed E-state index contributed by atoms with van der Waals surface area (Å²) in [6.07, 6.45) is 0.767. The third-order valence-electron chi connectivity index (χ3n) is 4.98. The van der Waals surface area contributed by atoms with Crippen LogP contribution < -0.4 is 4.90 Å². The Kier molecular flexibility index (Phi) is 4.24. The number of nitrogens with zero attached hydrogens (tertiary/aromatic N) is 3. The molecule has 0 unspecified atom stereocenters. The van der Waals surface area contributed by atoms with Crippen molar-refractivity contribution < 1.29 is 13.7 Å². The second-order valence-electron chi connectivity index (χ2n) is 6.89. The van der Waals surface area contributed by atoms with E-state index < -0.39 is 0 Å². The molecule has 0 saturated carbocycles. The molecular formula is C22H16FN3O2S. The van der Waals surface area contributed by atoms with Crippen molar-refractivity contribution in [1.29, 1.82) is 0 Å². The van der Waals surface area contributed by atoms with Gasteiger partial charge in [-0.25, -0.2) is 9.37 Å². The molecule has 0 atom stereocenters. The summed E-state index contributed by atoms with van der Waals surface area (Å²) in [6, 6.07) is 13.6. The fourth-order valence-electron chi connectivity index (χ4n) is 3.56. The number of thiazole rings is 1. The summed E-state index contributed by atoms with van der Waals surface area (Å²) in [5.41, 5.74) is 4.98. The molecule has 2 aromatic heterocycles. The number of rotatable bonds is 3. The van der Waals surface area contributed by atoms with Crippen molar-refractivity contribution in [3.63, 3.8) is 0 Å². The van der Waals surface area contributed by atoms with Crippen LogP contribution in [-0.4, -0.2) is 22.6 Å². The highest BCUT2D eigenvalue weighted by atomic mass is 32.1. The number of halogens is 1. The van der Waals surface area contributed by atoms with E-state index in [1.165, 1.54) is 12.1 Å². The third-order valence-corrected chi connectivity index (χ3v) is 5.75. The lowest BCUT2D eigenvalue weighted by atomic mass is 10.1. The lowest BCUT2D eigenvalue weighted by Gasteiger charge is -2.15. The van der Waals surface area contributed by atoms with Crippen molar-refractivity contribution in [2.45, 2.75) is 13.3 Å². The maximum atomic E-state index is 13.4. The molecule has 29 heavy (non-hydrogen) atoms. The molecule has 0 N–H and O–H groups in total. The first-order chi connectivity index (χ1) is 14.1. The minimum Gasteiger partial charge on any atom is -0.350 e. The molecule has 2 aromatic carbocycles. The van der Waals surface area contributed by atoms with E-state index in [4.69, 9.17) is 4.52 Å². The van der Waals surface area contributed by atoms with Crippen LogP contribution in [0.5, 0.6) is 0 Å². The zero-order valence-corrected chi connectivity index (χ0v) is 16.4. The van der Waals surface area contributed by atoms with Gasteiger partial charge in [0.05, 0.1) is 10.7 Å². The van der Waals surface area contributed by atoms with Crippen molar-refractivity contribution in [3.8, 4) is 22.5 Å². The summed E-state index contributed by atoms with van der Waals surface area (Å²) in [4.78, 5) is 19.2. The molecule has 1 amide bonds. The predicted molar refractivity (Wildman–Crippen MR) is 110 cm³/mol. The average molecular weight is 405 g/mol.